The summed E-state index contributed by atoms with van der Waals surface area (Å²) in [6, 6.07) is 0. The maximum atomic E-state index is 12.9. The zero-order valence-electron chi connectivity index (χ0n) is 48.4. The average Bonchev–Trinajstić information content (AvgIpc) is 3.39. The van der Waals surface area contributed by atoms with E-state index in [1.807, 2.05) is 0 Å². The van der Waals surface area contributed by atoms with Gasteiger partial charge in [-0.1, -0.05) is 280 Å². The summed E-state index contributed by atoms with van der Waals surface area (Å²) >= 11 is 0. The lowest BCUT2D eigenvalue weighted by Crippen LogP contribution is -2.30. The van der Waals surface area contributed by atoms with Crippen molar-refractivity contribution in [3.8, 4) is 0 Å². The maximum absolute atomic E-state index is 12.9. The van der Waals surface area contributed by atoms with Crippen LogP contribution in [0.15, 0.2) is 72.9 Å². The third-order valence-corrected chi connectivity index (χ3v) is 13.7. The van der Waals surface area contributed by atoms with Gasteiger partial charge in [-0.15, -0.1) is 0 Å². The van der Waals surface area contributed by atoms with Gasteiger partial charge in [-0.25, -0.2) is 0 Å². The Hall–Kier alpha value is -3.15. The van der Waals surface area contributed by atoms with E-state index in [0.717, 1.165) is 109 Å². The molecule has 73 heavy (non-hydrogen) atoms. The molecule has 0 aromatic heterocycles. The van der Waals surface area contributed by atoms with Crippen molar-refractivity contribution in [2.75, 3.05) is 13.2 Å². The van der Waals surface area contributed by atoms with E-state index in [1.54, 1.807) is 0 Å². The Morgan fingerprint density at radius 2 is 0.534 bits per heavy atom. The topological polar surface area (TPSA) is 78.9 Å². The first-order chi connectivity index (χ1) is 36.0. The van der Waals surface area contributed by atoms with Crippen LogP contribution in [-0.2, 0) is 28.6 Å². The normalized spacial score (nSPS) is 12.5. The Balaban J connectivity index is 4.24. The lowest BCUT2D eigenvalue weighted by Gasteiger charge is -2.18. The Labute approximate surface area is 453 Å². The molecule has 0 spiro atoms. The average molecular weight is 1020 g/mol. The van der Waals surface area contributed by atoms with Crippen LogP contribution in [0.4, 0.5) is 0 Å². The first-order valence-corrected chi connectivity index (χ1v) is 31.4. The summed E-state index contributed by atoms with van der Waals surface area (Å²) in [7, 11) is 0. The van der Waals surface area contributed by atoms with Crippen LogP contribution < -0.4 is 0 Å². The molecule has 422 valence electrons. The second-order valence-electron chi connectivity index (χ2n) is 20.9. The van der Waals surface area contributed by atoms with Crippen LogP contribution in [0.5, 0.6) is 0 Å². The molecule has 0 heterocycles. The largest absolute Gasteiger partial charge is 0.462 e. The van der Waals surface area contributed by atoms with Crippen LogP contribution in [0.25, 0.3) is 0 Å². The second kappa shape index (κ2) is 61.4. The Bertz CT molecular complexity index is 1360. The summed E-state index contributed by atoms with van der Waals surface area (Å²) in [6.07, 6.45) is 79.1. The molecule has 0 bridgehead atoms. The molecule has 1 unspecified atom stereocenters. The minimum absolute atomic E-state index is 0.0772. The van der Waals surface area contributed by atoms with Gasteiger partial charge in [-0.3, -0.25) is 14.4 Å². The summed E-state index contributed by atoms with van der Waals surface area (Å²) in [6.45, 7) is 6.52. The van der Waals surface area contributed by atoms with Gasteiger partial charge in [0.15, 0.2) is 6.10 Å². The van der Waals surface area contributed by atoms with Gasteiger partial charge in [0.25, 0.3) is 0 Å². The van der Waals surface area contributed by atoms with E-state index in [1.165, 1.54) is 167 Å². The molecule has 0 aromatic carbocycles. The maximum Gasteiger partial charge on any atom is 0.306 e. The van der Waals surface area contributed by atoms with E-state index < -0.39 is 6.10 Å². The van der Waals surface area contributed by atoms with E-state index in [-0.39, 0.29) is 31.1 Å². The number of hydrogen-bond acceptors (Lipinski definition) is 6. The molecule has 0 aliphatic carbocycles. The smallest absolute Gasteiger partial charge is 0.306 e. The number of rotatable bonds is 57. The number of carbonyl (C=O) groups excluding carboxylic acids is 3. The third-order valence-electron chi connectivity index (χ3n) is 13.7. The van der Waals surface area contributed by atoms with Gasteiger partial charge in [0, 0.05) is 19.3 Å². The molecule has 6 nitrogen and oxygen atoms in total. The zero-order chi connectivity index (χ0) is 52.9. The number of ether oxygens (including phenoxy) is 3. The number of allylic oxidation sites excluding steroid dienone is 12. The molecule has 1 atom stereocenters. The quantitative estimate of drug-likeness (QED) is 0.0261. The summed E-state index contributed by atoms with van der Waals surface area (Å²) in [5.41, 5.74) is 0. The molecule has 0 N–H and O–H groups in total. The SMILES string of the molecule is CC/C=C\C/C=C\C/C=C\C/C=C\CCCCCCCCCCCCCCCCC(=O)OCC(COC(=O)CCCCCCCCCCCCCCC)OC(=O)CCCCCCC/C=C\C/C=C\CCCCC. The molecular weight excluding hydrogens is 901 g/mol. The zero-order valence-corrected chi connectivity index (χ0v) is 48.4. The van der Waals surface area contributed by atoms with E-state index in [0.29, 0.717) is 19.3 Å². The molecular formula is C67H118O6. The molecule has 0 amide bonds. The summed E-state index contributed by atoms with van der Waals surface area (Å²) in [5.74, 6) is -0.877. The first-order valence-electron chi connectivity index (χ1n) is 31.4. The molecule has 0 fully saturated rings. The van der Waals surface area contributed by atoms with E-state index in [4.69, 9.17) is 14.2 Å². The van der Waals surface area contributed by atoms with Crippen LogP contribution in [-0.4, -0.2) is 37.2 Å². The molecule has 0 radical (unpaired) electrons. The van der Waals surface area contributed by atoms with Gasteiger partial charge in [-0.2, -0.15) is 0 Å². The van der Waals surface area contributed by atoms with Gasteiger partial charge >= 0.3 is 17.9 Å². The number of carbonyl (C=O) groups is 3. The predicted molar refractivity (Wildman–Crippen MR) is 316 cm³/mol. The highest BCUT2D eigenvalue weighted by atomic mass is 16.6. The van der Waals surface area contributed by atoms with Crippen molar-refractivity contribution in [2.24, 2.45) is 0 Å². The lowest BCUT2D eigenvalue weighted by atomic mass is 10.0. The Morgan fingerprint density at radius 1 is 0.288 bits per heavy atom. The number of hydrogen-bond donors (Lipinski definition) is 0. The summed E-state index contributed by atoms with van der Waals surface area (Å²) in [4.78, 5) is 38.2. The highest BCUT2D eigenvalue weighted by molar-refractivity contribution is 5.71. The predicted octanol–water partition coefficient (Wildman–Crippen LogP) is 21.3. The minimum atomic E-state index is -0.780. The van der Waals surface area contributed by atoms with Gasteiger partial charge in [0.05, 0.1) is 0 Å². The fraction of sp³-hybridized carbons (Fsp3) is 0.776. The number of esters is 3. The van der Waals surface area contributed by atoms with Gasteiger partial charge in [0.2, 0.25) is 0 Å². The highest BCUT2D eigenvalue weighted by Gasteiger charge is 2.19. The van der Waals surface area contributed by atoms with Crippen LogP contribution in [0.3, 0.4) is 0 Å². The van der Waals surface area contributed by atoms with Crippen molar-refractivity contribution in [3.63, 3.8) is 0 Å². The van der Waals surface area contributed by atoms with E-state index in [9.17, 15) is 14.4 Å². The second-order valence-corrected chi connectivity index (χ2v) is 20.9. The number of unbranched alkanes of at least 4 members (excludes halogenated alkanes) is 34. The molecule has 0 rings (SSSR count). The van der Waals surface area contributed by atoms with Gasteiger partial charge in [0.1, 0.15) is 13.2 Å². The van der Waals surface area contributed by atoms with Crippen LogP contribution in [0.1, 0.15) is 316 Å². The lowest BCUT2D eigenvalue weighted by molar-refractivity contribution is -0.167. The fourth-order valence-corrected chi connectivity index (χ4v) is 9.00. The van der Waals surface area contributed by atoms with Crippen molar-refractivity contribution < 1.29 is 28.6 Å². The van der Waals surface area contributed by atoms with Crippen molar-refractivity contribution in [3.05, 3.63) is 72.9 Å². The first kappa shape index (κ1) is 69.8. The van der Waals surface area contributed by atoms with Crippen molar-refractivity contribution in [1.29, 1.82) is 0 Å². The van der Waals surface area contributed by atoms with Gasteiger partial charge in [-0.05, 0) is 89.9 Å². The van der Waals surface area contributed by atoms with Crippen molar-refractivity contribution in [2.45, 2.75) is 322 Å². The Morgan fingerprint density at radius 3 is 0.863 bits per heavy atom. The Kier molecular flexibility index (Phi) is 58.7. The monoisotopic (exact) mass is 1020 g/mol. The fourth-order valence-electron chi connectivity index (χ4n) is 9.00. The van der Waals surface area contributed by atoms with Crippen molar-refractivity contribution in [1.82, 2.24) is 0 Å². The summed E-state index contributed by atoms with van der Waals surface area (Å²) in [5, 5.41) is 0. The minimum Gasteiger partial charge on any atom is -0.462 e. The molecule has 0 aromatic rings. The van der Waals surface area contributed by atoms with Crippen LogP contribution in [0, 0.1) is 0 Å². The van der Waals surface area contributed by atoms with Crippen LogP contribution in [0.2, 0.25) is 0 Å². The highest BCUT2D eigenvalue weighted by Crippen LogP contribution is 2.17. The molecule has 0 aliphatic rings. The van der Waals surface area contributed by atoms with E-state index >= 15 is 0 Å². The third kappa shape index (κ3) is 59.6. The van der Waals surface area contributed by atoms with Gasteiger partial charge < -0.3 is 14.2 Å². The molecule has 0 aliphatic heterocycles. The molecule has 6 heteroatoms. The van der Waals surface area contributed by atoms with Crippen LogP contribution >= 0.6 is 0 Å². The standard InChI is InChI=1S/C67H118O6/c1-4-7-10-13-16-19-22-25-27-28-29-30-31-32-33-34-35-36-37-38-40-42-45-48-51-54-57-60-66(69)72-63-64(62-71-65(68)59-56-53-50-47-44-41-24-21-18-15-12-9-6-3)73-67(70)61-58-55-52-49-46-43-39-26-23-20-17-14-11-8-5-2/h7,10,16-17,19-20,25-27,29-30,39,64H,4-6,8-9,11-15,18,21-24,28,31-38,40-63H2,1-3H3/b10-7-,19-16-,20-17-,27-25-,30-29-,39-26-. The molecule has 0 saturated heterocycles. The molecule has 0 saturated carbocycles. The van der Waals surface area contributed by atoms with E-state index in [2.05, 4.69) is 93.7 Å². The summed E-state index contributed by atoms with van der Waals surface area (Å²) < 4.78 is 16.9. The van der Waals surface area contributed by atoms with Crippen molar-refractivity contribution >= 4 is 17.9 Å².